The van der Waals surface area contributed by atoms with Crippen molar-refractivity contribution in [3.8, 4) is 0 Å². The summed E-state index contributed by atoms with van der Waals surface area (Å²) in [5.41, 5.74) is 4.53. The number of piperidine rings is 1. The van der Waals surface area contributed by atoms with E-state index in [1.165, 1.54) is 0 Å². The molecule has 0 bridgehead atoms. The van der Waals surface area contributed by atoms with Crippen molar-refractivity contribution in [1.82, 2.24) is 15.5 Å². The molecule has 2 aliphatic heterocycles. The topological polar surface area (TPSA) is 105 Å². The fourth-order valence-electron chi connectivity index (χ4n) is 2.92. The molecule has 7 heteroatoms. The molecule has 4 N–H and O–H groups in total. The van der Waals surface area contributed by atoms with E-state index in [-0.39, 0.29) is 24.3 Å². The summed E-state index contributed by atoms with van der Waals surface area (Å²) in [5.74, 6) is -0.394. The molecule has 2 rings (SSSR count). The normalized spacial score (nSPS) is 27.4. The molecule has 2 fully saturated rings. The summed E-state index contributed by atoms with van der Waals surface area (Å²) in [4.78, 5) is 37.3. The summed E-state index contributed by atoms with van der Waals surface area (Å²) in [7, 11) is 0. The summed E-state index contributed by atoms with van der Waals surface area (Å²) < 4.78 is 0. The van der Waals surface area contributed by atoms with Crippen molar-refractivity contribution in [2.24, 2.45) is 11.7 Å². The second-order valence-electron chi connectivity index (χ2n) is 5.69. The molecule has 2 atom stereocenters. The molecule has 2 saturated heterocycles. The van der Waals surface area contributed by atoms with Crippen molar-refractivity contribution in [3.05, 3.63) is 0 Å². The SMILES string of the molecule is CC(CCCN)C(=O)N1CCCC2(C1)NC(=O)NC2=O. The monoisotopic (exact) mass is 282 g/mol. The quantitative estimate of drug-likeness (QED) is 0.608. The summed E-state index contributed by atoms with van der Waals surface area (Å²) in [6.07, 6.45) is 2.84. The highest BCUT2D eigenvalue weighted by Crippen LogP contribution is 2.26. The Hall–Kier alpha value is -1.63. The zero-order chi connectivity index (χ0) is 14.8. The molecule has 7 nitrogen and oxygen atoms in total. The third kappa shape index (κ3) is 2.77. The number of imide groups is 1. The Balaban J connectivity index is 2.02. The highest BCUT2D eigenvalue weighted by atomic mass is 16.2. The molecular weight excluding hydrogens is 260 g/mol. The summed E-state index contributed by atoms with van der Waals surface area (Å²) >= 11 is 0. The van der Waals surface area contributed by atoms with Gasteiger partial charge in [-0.15, -0.1) is 0 Å². The molecule has 4 amide bonds. The van der Waals surface area contributed by atoms with Crippen molar-refractivity contribution in [1.29, 1.82) is 0 Å². The average Bonchev–Trinajstić information content (AvgIpc) is 2.69. The third-order valence-electron chi connectivity index (χ3n) is 4.08. The Morgan fingerprint density at radius 3 is 2.85 bits per heavy atom. The van der Waals surface area contributed by atoms with Crippen LogP contribution in [-0.4, -0.2) is 47.9 Å². The molecule has 2 heterocycles. The van der Waals surface area contributed by atoms with Gasteiger partial charge in [-0.25, -0.2) is 4.79 Å². The maximum absolute atomic E-state index is 12.4. The predicted octanol–water partition coefficient (Wildman–Crippen LogP) is -0.438. The number of hydrogen-bond acceptors (Lipinski definition) is 4. The van der Waals surface area contributed by atoms with Crippen LogP contribution in [0.1, 0.15) is 32.6 Å². The van der Waals surface area contributed by atoms with Crippen LogP contribution in [0, 0.1) is 5.92 Å². The molecule has 0 radical (unpaired) electrons. The van der Waals surface area contributed by atoms with Crippen molar-refractivity contribution in [2.75, 3.05) is 19.6 Å². The fourth-order valence-corrected chi connectivity index (χ4v) is 2.92. The first kappa shape index (κ1) is 14.8. The fraction of sp³-hybridized carbons (Fsp3) is 0.769. The van der Waals surface area contributed by atoms with Crippen LogP contribution >= 0.6 is 0 Å². The highest BCUT2D eigenvalue weighted by molar-refractivity contribution is 6.07. The van der Waals surface area contributed by atoms with E-state index >= 15 is 0 Å². The molecule has 2 unspecified atom stereocenters. The molecule has 0 aromatic rings. The Bertz CT molecular complexity index is 426. The lowest BCUT2D eigenvalue weighted by Gasteiger charge is -2.39. The van der Waals surface area contributed by atoms with E-state index < -0.39 is 11.6 Å². The van der Waals surface area contributed by atoms with E-state index in [2.05, 4.69) is 10.6 Å². The van der Waals surface area contributed by atoms with E-state index in [0.29, 0.717) is 25.9 Å². The van der Waals surface area contributed by atoms with Crippen molar-refractivity contribution in [3.63, 3.8) is 0 Å². The molecule has 0 aromatic heterocycles. The minimum atomic E-state index is -0.932. The van der Waals surface area contributed by atoms with Crippen LogP contribution in [0.4, 0.5) is 4.79 Å². The Morgan fingerprint density at radius 2 is 2.25 bits per heavy atom. The van der Waals surface area contributed by atoms with Gasteiger partial charge in [0, 0.05) is 12.5 Å². The number of urea groups is 1. The van der Waals surface area contributed by atoms with Crippen LogP contribution in [-0.2, 0) is 9.59 Å². The summed E-state index contributed by atoms with van der Waals surface area (Å²) in [5, 5.41) is 4.93. The predicted molar refractivity (Wildman–Crippen MR) is 72.7 cm³/mol. The molecule has 1 spiro atoms. The largest absolute Gasteiger partial charge is 0.340 e. The summed E-state index contributed by atoms with van der Waals surface area (Å²) in [6.45, 7) is 3.35. The number of carbonyl (C=O) groups excluding carboxylic acids is 3. The van der Waals surface area contributed by atoms with Crippen LogP contribution in [0.15, 0.2) is 0 Å². The van der Waals surface area contributed by atoms with Gasteiger partial charge in [-0.1, -0.05) is 6.92 Å². The van der Waals surface area contributed by atoms with E-state index in [4.69, 9.17) is 5.73 Å². The van der Waals surface area contributed by atoms with Gasteiger partial charge in [0.05, 0.1) is 6.54 Å². The molecule has 0 aromatic carbocycles. The molecule has 20 heavy (non-hydrogen) atoms. The van der Waals surface area contributed by atoms with E-state index in [1.807, 2.05) is 6.92 Å². The van der Waals surface area contributed by atoms with E-state index in [0.717, 1.165) is 12.8 Å². The first-order chi connectivity index (χ1) is 9.48. The molecular formula is C13H22N4O3. The lowest BCUT2D eigenvalue weighted by Crippen LogP contribution is -2.60. The zero-order valence-corrected chi connectivity index (χ0v) is 11.8. The van der Waals surface area contributed by atoms with Crippen molar-refractivity contribution in [2.45, 2.75) is 38.1 Å². The van der Waals surface area contributed by atoms with Crippen LogP contribution in [0.2, 0.25) is 0 Å². The Kier molecular flexibility index (Phi) is 4.27. The van der Waals surface area contributed by atoms with Crippen LogP contribution in [0.3, 0.4) is 0 Å². The smallest absolute Gasteiger partial charge is 0.322 e. The van der Waals surface area contributed by atoms with Gasteiger partial charge in [-0.2, -0.15) is 0 Å². The van der Waals surface area contributed by atoms with Gasteiger partial charge in [0.25, 0.3) is 5.91 Å². The van der Waals surface area contributed by atoms with Crippen molar-refractivity contribution < 1.29 is 14.4 Å². The van der Waals surface area contributed by atoms with E-state index in [9.17, 15) is 14.4 Å². The molecule has 2 aliphatic rings. The van der Waals surface area contributed by atoms with Gasteiger partial charge in [-0.3, -0.25) is 14.9 Å². The molecule has 0 aliphatic carbocycles. The number of nitrogens with one attached hydrogen (secondary N) is 2. The maximum atomic E-state index is 12.4. The van der Waals surface area contributed by atoms with Crippen LogP contribution in [0.25, 0.3) is 0 Å². The molecule has 0 saturated carbocycles. The van der Waals surface area contributed by atoms with Gasteiger partial charge >= 0.3 is 6.03 Å². The van der Waals surface area contributed by atoms with Gasteiger partial charge in [0.2, 0.25) is 5.91 Å². The second-order valence-corrected chi connectivity index (χ2v) is 5.69. The number of amides is 4. The van der Waals surface area contributed by atoms with Crippen molar-refractivity contribution >= 4 is 17.8 Å². The van der Waals surface area contributed by atoms with E-state index in [1.54, 1.807) is 4.90 Å². The lowest BCUT2D eigenvalue weighted by atomic mass is 9.88. The maximum Gasteiger partial charge on any atom is 0.322 e. The Morgan fingerprint density at radius 1 is 1.50 bits per heavy atom. The minimum Gasteiger partial charge on any atom is -0.340 e. The van der Waals surface area contributed by atoms with Gasteiger partial charge in [0.15, 0.2) is 0 Å². The van der Waals surface area contributed by atoms with Gasteiger partial charge < -0.3 is 16.0 Å². The van der Waals surface area contributed by atoms with Gasteiger partial charge in [-0.05, 0) is 32.2 Å². The lowest BCUT2D eigenvalue weighted by molar-refractivity contribution is -0.139. The van der Waals surface area contributed by atoms with Crippen LogP contribution in [0.5, 0.6) is 0 Å². The highest BCUT2D eigenvalue weighted by Gasteiger charge is 2.49. The van der Waals surface area contributed by atoms with Crippen LogP contribution < -0.4 is 16.4 Å². The third-order valence-corrected chi connectivity index (χ3v) is 4.08. The minimum absolute atomic E-state index is 0.0338. The number of nitrogens with two attached hydrogens (primary N) is 1. The number of likely N-dealkylation sites (tertiary alicyclic amines) is 1. The number of hydrogen-bond donors (Lipinski definition) is 3. The second kappa shape index (κ2) is 5.78. The average molecular weight is 282 g/mol. The first-order valence-corrected chi connectivity index (χ1v) is 7.11. The standard InChI is InChI=1S/C13H22N4O3/c1-9(4-2-6-14)10(18)17-7-3-5-13(8-17)11(19)15-12(20)16-13/h9H,2-8,14H2,1H3,(H2,15,16,19,20). The van der Waals surface area contributed by atoms with Gasteiger partial charge in [0.1, 0.15) is 5.54 Å². The Labute approximate surface area is 118 Å². The number of nitrogens with zero attached hydrogens (tertiary/aromatic N) is 1. The number of carbonyl (C=O) groups is 3. The zero-order valence-electron chi connectivity index (χ0n) is 11.8. The summed E-state index contributed by atoms with van der Waals surface area (Å²) in [6, 6.07) is -0.472. The number of rotatable bonds is 4. The molecule has 112 valence electrons. The first-order valence-electron chi connectivity index (χ1n) is 7.11.